The molecule has 2 aliphatic heterocycles. The van der Waals surface area contributed by atoms with Crippen molar-refractivity contribution in [2.24, 2.45) is 5.92 Å². The molecule has 1 aromatic rings. The quantitative estimate of drug-likeness (QED) is 0.891. The summed E-state index contributed by atoms with van der Waals surface area (Å²) in [7, 11) is 0. The molecule has 2 aliphatic rings. The van der Waals surface area contributed by atoms with Crippen molar-refractivity contribution >= 4 is 21.9 Å². The summed E-state index contributed by atoms with van der Waals surface area (Å²) in [6.45, 7) is 4.13. The van der Waals surface area contributed by atoms with Crippen LogP contribution in [0.15, 0.2) is 16.9 Å². The molecule has 6 heteroatoms. The maximum atomic E-state index is 10.6. The van der Waals surface area contributed by atoms with Gasteiger partial charge in [-0.05, 0) is 42.1 Å². The molecule has 1 N–H and O–H groups in total. The van der Waals surface area contributed by atoms with Crippen LogP contribution in [0.25, 0.3) is 0 Å². The summed E-state index contributed by atoms with van der Waals surface area (Å²) in [6, 6.07) is 0.256. The van der Waals surface area contributed by atoms with Crippen LogP contribution in [0.3, 0.4) is 0 Å². The molecule has 2 saturated heterocycles. The van der Waals surface area contributed by atoms with Gasteiger partial charge in [0.1, 0.15) is 0 Å². The van der Waals surface area contributed by atoms with Gasteiger partial charge in [-0.15, -0.1) is 0 Å². The molecule has 0 amide bonds. The SMILES string of the molecule is C[C@]1(O)CCOC[C@@H]1[C@@H]1CCCN1c1ncc(Br)cn1. The minimum atomic E-state index is -0.666. The molecule has 20 heavy (non-hydrogen) atoms. The van der Waals surface area contributed by atoms with E-state index in [2.05, 4.69) is 30.8 Å². The van der Waals surface area contributed by atoms with E-state index in [-0.39, 0.29) is 12.0 Å². The van der Waals surface area contributed by atoms with Crippen LogP contribution in [-0.2, 0) is 4.74 Å². The fourth-order valence-corrected chi connectivity index (χ4v) is 3.50. The highest BCUT2D eigenvalue weighted by Crippen LogP contribution is 2.37. The number of anilines is 1. The standard InChI is InChI=1S/C14H20BrN3O2/c1-14(19)4-6-20-9-11(14)12-3-2-5-18(12)13-16-7-10(15)8-17-13/h7-8,11-12,19H,2-6,9H2,1H3/t11-,12+,14+/m1/s1. The lowest BCUT2D eigenvalue weighted by molar-refractivity contribution is -0.108. The molecule has 0 radical (unpaired) electrons. The number of aliphatic hydroxyl groups is 1. The first-order chi connectivity index (χ1) is 9.58. The zero-order valence-corrected chi connectivity index (χ0v) is 13.2. The van der Waals surface area contributed by atoms with E-state index in [0.717, 1.165) is 29.8 Å². The molecule has 3 atom stereocenters. The number of halogens is 1. The Kier molecular flexibility index (Phi) is 3.97. The summed E-state index contributed by atoms with van der Waals surface area (Å²) in [5.74, 6) is 0.864. The molecule has 2 fully saturated rings. The summed E-state index contributed by atoms with van der Waals surface area (Å²) < 4.78 is 6.48. The van der Waals surface area contributed by atoms with Gasteiger partial charge in [0, 0.05) is 37.5 Å². The van der Waals surface area contributed by atoms with Gasteiger partial charge < -0.3 is 14.7 Å². The van der Waals surface area contributed by atoms with Crippen molar-refractivity contribution in [1.82, 2.24) is 9.97 Å². The van der Waals surface area contributed by atoms with Crippen LogP contribution in [0.5, 0.6) is 0 Å². The lowest BCUT2D eigenvalue weighted by atomic mass is 9.79. The minimum absolute atomic E-state index is 0.117. The Labute approximate surface area is 127 Å². The summed E-state index contributed by atoms with van der Waals surface area (Å²) in [5, 5.41) is 10.6. The normalized spacial score (nSPS) is 34.5. The monoisotopic (exact) mass is 341 g/mol. The number of hydrogen-bond donors (Lipinski definition) is 1. The second-order valence-electron chi connectivity index (χ2n) is 5.89. The van der Waals surface area contributed by atoms with Crippen molar-refractivity contribution in [2.45, 2.75) is 37.8 Å². The molecule has 3 rings (SSSR count). The minimum Gasteiger partial charge on any atom is -0.390 e. The Morgan fingerprint density at radius 2 is 2.20 bits per heavy atom. The fourth-order valence-electron chi connectivity index (χ4n) is 3.29. The number of hydrogen-bond acceptors (Lipinski definition) is 5. The van der Waals surface area contributed by atoms with Crippen LogP contribution in [0.1, 0.15) is 26.2 Å². The largest absolute Gasteiger partial charge is 0.390 e. The highest BCUT2D eigenvalue weighted by molar-refractivity contribution is 9.10. The fraction of sp³-hybridized carbons (Fsp3) is 0.714. The topological polar surface area (TPSA) is 58.5 Å². The van der Waals surface area contributed by atoms with Crippen LogP contribution < -0.4 is 4.90 Å². The van der Waals surface area contributed by atoms with E-state index >= 15 is 0 Å². The van der Waals surface area contributed by atoms with E-state index in [1.807, 2.05) is 6.92 Å². The zero-order chi connectivity index (χ0) is 14.2. The first-order valence-corrected chi connectivity index (χ1v) is 7.91. The molecule has 0 spiro atoms. The maximum Gasteiger partial charge on any atom is 0.225 e. The summed E-state index contributed by atoms with van der Waals surface area (Å²) in [6.07, 6.45) is 6.41. The number of aromatic nitrogens is 2. The maximum absolute atomic E-state index is 10.6. The van der Waals surface area contributed by atoms with Crippen molar-refractivity contribution < 1.29 is 9.84 Å². The van der Waals surface area contributed by atoms with E-state index in [9.17, 15) is 5.11 Å². The predicted octanol–water partition coefficient (Wildman–Crippen LogP) is 2.00. The van der Waals surface area contributed by atoms with Gasteiger partial charge in [0.25, 0.3) is 0 Å². The second kappa shape index (κ2) is 5.58. The molecule has 0 unspecified atom stereocenters. The van der Waals surface area contributed by atoms with Crippen molar-refractivity contribution in [3.05, 3.63) is 16.9 Å². The van der Waals surface area contributed by atoms with Crippen molar-refractivity contribution in [3.63, 3.8) is 0 Å². The molecule has 3 heterocycles. The van der Waals surface area contributed by atoms with Gasteiger partial charge in [-0.3, -0.25) is 0 Å². The van der Waals surface area contributed by atoms with Gasteiger partial charge in [-0.25, -0.2) is 9.97 Å². The number of ether oxygens (including phenoxy) is 1. The van der Waals surface area contributed by atoms with Gasteiger partial charge in [0.05, 0.1) is 16.7 Å². The molecule has 0 aliphatic carbocycles. The molecule has 5 nitrogen and oxygen atoms in total. The Hall–Kier alpha value is -0.720. The summed E-state index contributed by atoms with van der Waals surface area (Å²) in [5.41, 5.74) is -0.666. The lowest BCUT2D eigenvalue weighted by Crippen LogP contribution is -2.52. The molecular weight excluding hydrogens is 322 g/mol. The first-order valence-electron chi connectivity index (χ1n) is 7.12. The van der Waals surface area contributed by atoms with E-state index in [1.54, 1.807) is 12.4 Å². The average Bonchev–Trinajstić information content (AvgIpc) is 2.88. The third kappa shape index (κ3) is 2.69. The molecule has 0 bridgehead atoms. The van der Waals surface area contributed by atoms with Gasteiger partial charge in [-0.2, -0.15) is 0 Å². The lowest BCUT2D eigenvalue weighted by Gasteiger charge is -2.43. The van der Waals surface area contributed by atoms with Gasteiger partial charge in [0.15, 0.2) is 0 Å². The predicted molar refractivity (Wildman–Crippen MR) is 79.6 cm³/mol. The Balaban J connectivity index is 1.83. The van der Waals surface area contributed by atoms with Crippen LogP contribution in [0, 0.1) is 5.92 Å². The smallest absolute Gasteiger partial charge is 0.225 e. The van der Waals surface area contributed by atoms with Gasteiger partial charge in [-0.1, -0.05) is 0 Å². The molecule has 0 aromatic carbocycles. The summed E-state index contributed by atoms with van der Waals surface area (Å²) in [4.78, 5) is 11.0. The van der Waals surface area contributed by atoms with Crippen molar-refractivity contribution in [2.75, 3.05) is 24.7 Å². The Bertz CT molecular complexity index is 466. The number of nitrogens with zero attached hydrogens (tertiary/aromatic N) is 3. The highest BCUT2D eigenvalue weighted by atomic mass is 79.9. The molecule has 110 valence electrons. The van der Waals surface area contributed by atoms with E-state index in [1.165, 1.54) is 0 Å². The third-order valence-electron chi connectivity index (χ3n) is 4.48. The molecule has 0 saturated carbocycles. The van der Waals surface area contributed by atoms with Crippen LogP contribution in [0.2, 0.25) is 0 Å². The average molecular weight is 342 g/mol. The van der Waals surface area contributed by atoms with Crippen LogP contribution >= 0.6 is 15.9 Å². The highest BCUT2D eigenvalue weighted by Gasteiger charge is 2.44. The van der Waals surface area contributed by atoms with E-state index < -0.39 is 5.60 Å². The Morgan fingerprint density at radius 3 is 2.90 bits per heavy atom. The van der Waals surface area contributed by atoms with E-state index in [4.69, 9.17) is 4.74 Å². The van der Waals surface area contributed by atoms with E-state index in [0.29, 0.717) is 19.6 Å². The zero-order valence-electron chi connectivity index (χ0n) is 11.6. The number of rotatable bonds is 2. The third-order valence-corrected chi connectivity index (χ3v) is 4.89. The van der Waals surface area contributed by atoms with Crippen LogP contribution in [0.4, 0.5) is 5.95 Å². The first kappa shape index (κ1) is 14.2. The van der Waals surface area contributed by atoms with Gasteiger partial charge in [0.2, 0.25) is 5.95 Å². The Morgan fingerprint density at radius 1 is 1.45 bits per heavy atom. The molecule has 1 aromatic heterocycles. The van der Waals surface area contributed by atoms with Crippen molar-refractivity contribution in [3.8, 4) is 0 Å². The van der Waals surface area contributed by atoms with Gasteiger partial charge >= 0.3 is 0 Å². The van der Waals surface area contributed by atoms with Crippen molar-refractivity contribution in [1.29, 1.82) is 0 Å². The van der Waals surface area contributed by atoms with Crippen LogP contribution in [-0.4, -0.2) is 46.5 Å². The molecular formula is C14H20BrN3O2. The summed E-state index contributed by atoms with van der Waals surface area (Å²) >= 11 is 3.36. The second-order valence-corrected chi connectivity index (χ2v) is 6.81.